The Morgan fingerprint density at radius 1 is 0.808 bits per heavy atom. The van der Waals surface area contributed by atoms with Crippen molar-refractivity contribution in [3.63, 3.8) is 0 Å². The number of nitrogens with one attached hydrogen (secondary N) is 2. The molecule has 3 aromatic rings. The van der Waals surface area contributed by atoms with Crippen molar-refractivity contribution in [1.29, 1.82) is 0 Å². The van der Waals surface area contributed by atoms with Gasteiger partial charge in [0.2, 0.25) is 0 Å². The van der Waals surface area contributed by atoms with E-state index >= 15 is 0 Å². The number of nitrogens with zero attached hydrogens (tertiary/aromatic N) is 5. The molecule has 0 unspecified atom stereocenters. The summed E-state index contributed by atoms with van der Waals surface area (Å²) in [7, 11) is 0. The number of carbonyl (C=O) groups excluding carboxylic acids is 2. The minimum atomic E-state index is -0.330. The molecule has 0 aromatic carbocycles. The predicted octanol–water partition coefficient (Wildman–Crippen LogP) is 0.335. The SMILES string of the molecule is O=C(NCCn1cccn1)c1cccc(C(=O)NCCn2cccn2)n1. The van der Waals surface area contributed by atoms with Crippen molar-refractivity contribution in [2.45, 2.75) is 13.1 Å². The molecule has 2 N–H and O–H groups in total. The fourth-order valence-electron chi connectivity index (χ4n) is 2.30. The van der Waals surface area contributed by atoms with Gasteiger partial charge in [0.1, 0.15) is 11.4 Å². The van der Waals surface area contributed by atoms with E-state index in [-0.39, 0.29) is 23.2 Å². The number of carbonyl (C=O) groups is 2. The van der Waals surface area contributed by atoms with Crippen LogP contribution in [0, 0.1) is 0 Å². The van der Waals surface area contributed by atoms with Gasteiger partial charge in [-0.3, -0.25) is 19.0 Å². The fraction of sp³-hybridized carbons (Fsp3) is 0.235. The molecule has 0 aliphatic heterocycles. The summed E-state index contributed by atoms with van der Waals surface area (Å²) >= 11 is 0. The Bertz CT molecular complexity index is 776. The Morgan fingerprint density at radius 2 is 1.31 bits per heavy atom. The van der Waals surface area contributed by atoms with E-state index in [1.807, 2.05) is 24.5 Å². The molecule has 0 radical (unpaired) electrons. The van der Waals surface area contributed by atoms with Gasteiger partial charge in [0.05, 0.1) is 13.1 Å². The van der Waals surface area contributed by atoms with E-state index in [9.17, 15) is 9.59 Å². The van der Waals surface area contributed by atoms with E-state index in [4.69, 9.17) is 0 Å². The molecule has 3 aromatic heterocycles. The monoisotopic (exact) mass is 353 g/mol. The van der Waals surface area contributed by atoms with Crippen LogP contribution in [0.5, 0.6) is 0 Å². The molecule has 0 saturated heterocycles. The molecule has 134 valence electrons. The number of hydrogen-bond donors (Lipinski definition) is 2. The van der Waals surface area contributed by atoms with Gasteiger partial charge in [-0.15, -0.1) is 0 Å². The highest BCUT2D eigenvalue weighted by Crippen LogP contribution is 2.00. The highest BCUT2D eigenvalue weighted by atomic mass is 16.2. The topological polar surface area (TPSA) is 107 Å². The molecule has 0 bridgehead atoms. The van der Waals surface area contributed by atoms with E-state index in [0.29, 0.717) is 26.2 Å². The standard InChI is InChI=1S/C17H19N7O2/c25-16(18-8-12-23-10-2-6-20-23)14-4-1-5-15(22-14)17(26)19-9-13-24-11-3-7-21-24/h1-7,10-11H,8-9,12-13H2,(H,18,25)(H,19,26). The molecule has 0 spiro atoms. The van der Waals surface area contributed by atoms with E-state index < -0.39 is 0 Å². The van der Waals surface area contributed by atoms with Crippen molar-refractivity contribution in [3.05, 3.63) is 66.5 Å². The summed E-state index contributed by atoms with van der Waals surface area (Å²) < 4.78 is 3.44. The third-order valence-electron chi connectivity index (χ3n) is 3.59. The average molecular weight is 353 g/mol. The van der Waals surface area contributed by atoms with Crippen molar-refractivity contribution >= 4 is 11.8 Å². The molecule has 0 fully saturated rings. The van der Waals surface area contributed by atoms with Crippen molar-refractivity contribution in [3.8, 4) is 0 Å². The highest BCUT2D eigenvalue weighted by molar-refractivity contribution is 5.96. The lowest BCUT2D eigenvalue weighted by atomic mass is 10.2. The summed E-state index contributed by atoms with van der Waals surface area (Å²) in [6.45, 7) is 1.96. The number of rotatable bonds is 8. The predicted molar refractivity (Wildman–Crippen MR) is 93.4 cm³/mol. The third kappa shape index (κ3) is 4.76. The molecule has 9 nitrogen and oxygen atoms in total. The van der Waals surface area contributed by atoms with Gasteiger partial charge in [-0.25, -0.2) is 4.98 Å². The van der Waals surface area contributed by atoms with Gasteiger partial charge in [-0.1, -0.05) is 6.07 Å². The molecule has 0 aliphatic rings. The van der Waals surface area contributed by atoms with Crippen molar-refractivity contribution in [1.82, 2.24) is 35.2 Å². The number of aromatic nitrogens is 5. The lowest BCUT2D eigenvalue weighted by Gasteiger charge is -2.07. The first-order valence-electron chi connectivity index (χ1n) is 8.21. The van der Waals surface area contributed by atoms with Crippen LogP contribution in [0.3, 0.4) is 0 Å². The smallest absolute Gasteiger partial charge is 0.269 e. The quantitative estimate of drug-likeness (QED) is 0.607. The summed E-state index contributed by atoms with van der Waals surface area (Å²) in [4.78, 5) is 28.5. The minimum Gasteiger partial charge on any atom is -0.349 e. The first-order chi connectivity index (χ1) is 12.7. The minimum absolute atomic E-state index is 0.199. The molecule has 3 rings (SSSR count). The van der Waals surface area contributed by atoms with Crippen molar-refractivity contribution in [2.75, 3.05) is 13.1 Å². The lowest BCUT2D eigenvalue weighted by molar-refractivity contribution is 0.0942. The van der Waals surface area contributed by atoms with Gasteiger partial charge in [-0.2, -0.15) is 10.2 Å². The van der Waals surface area contributed by atoms with E-state index in [2.05, 4.69) is 25.8 Å². The van der Waals surface area contributed by atoms with Crippen LogP contribution in [0.2, 0.25) is 0 Å². The summed E-state index contributed by atoms with van der Waals surface area (Å²) in [6, 6.07) is 8.42. The first kappa shape index (κ1) is 17.3. The molecule has 2 amide bonds. The van der Waals surface area contributed by atoms with Crippen LogP contribution < -0.4 is 10.6 Å². The molecule has 0 atom stereocenters. The van der Waals surface area contributed by atoms with E-state index in [1.165, 1.54) is 0 Å². The average Bonchev–Trinajstić information content (AvgIpc) is 3.35. The number of amides is 2. The van der Waals surface area contributed by atoms with Gasteiger partial charge < -0.3 is 10.6 Å². The summed E-state index contributed by atoms with van der Waals surface area (Å²) in [5.74, 6) is -0.660. The second-order valence-electron chi connectivity index (χ2n) is 5.46. The van der Waals surface area contributed by atoms with Crippen LogP contribution in [0.25, 0.3) is 0 Å². The van der Waals surface area contributed by atoms with Crippen LogP contribution in [-0.4, -0.2) is 49.4 Å². The molecule has 0 saturated carbocycles. The molecular formula is C17H19N7O2. The highest BCUT2D eigenvalue weighted by Gasteiger charge is 2.12. The van der Waals surface area contributed by atoms with Gasteiger partial charge in [0.15, 0.2) is 0 Å². The zero-order valence-electron chi connectivity index (χ0n) is 14.1. The molecule has 0 aliphatic carbocycles. The normalized spacial score (nSPS) is 10.5. The Kier molecular flexibility index (Phi) is 5.71. The van der Waals surface area contributed by atoms with E-state index in [0.717, 1.165) is 0 Å². The van der Waals surface area contributed by atoms with Gasteiger partial charge in [0, 0.05) is 37.9 Å². The summed E-state index contributed by atoms with van der Waals surface area (Å²) in [5, 5.41) is 13.6. The van der Waals surface area contributed by atoms with Crippen LogP contribution in [0.1, 0.15) is 21.0 Å². The van der Waals surface area contributed by atoms with Gasteiger partial charge >= 0.3 is 0 Å². The molecule has 3 heterocycles. The Labute approximate surface area is 150 Å². The Hall–Kier alpha value is -3.49. The Balaban J connectivity index is 1.49. The van der Waals surface area contributed by atoms with Crippen LogP contribution in [-0.2, 0) is 13.1 Å². The Morgan fingerprint density at radius 3 is 1.73 bits per heavy atom. The first-order valence-corrected chi connectivity index (χ1v) is 8.21. The second-order valence-corrected chi connectivity index (χ2v) is 5.46. The number of hydrogen-bond acceptors (Lipinski definition) is 5. The third-order valence-corrected chi connectivity index (χ3v) is 3.59. The molecule has 9 heteroatoms. The summed E-state index contributed by atoms with van der Waals surface area (Å²) in [5.41, 5.74) is 0.399. The zero-order chi connectivity index (χ0) is 18.2. The maximum Gasteiger partial charge on any atom is 0.269 e. The van der Waals surface area contributed by atoms with Crippen LogP contribution in [0.15, 0.2) is 55.1 Å². The fourth-order valence-corrected chi connectivity index (χ4v) is 2.30. The number of pyridine rings is 1. The zero-order valence-corrected chi connectivity index (χ0v) is 14.1. The van der Waals surface area contributed by atoms with E-state index in [1.54, 1.807) is 40.0 Å². The maximum atomic E-state index is 12.2. The van der Waals surface area contributed by atoms with Gasteiger partial charge in [0.25, 0.3) is 11.8 Å². The van der Waals surface area contributed by atoms with Gasteiger partial charge in [-0.05, 0) is 24.3 Å². The summed E-state index contributed by atoms with van der Waals surface area (Å²) in [6.07, 6.45) is 6.99. The van der Waals surface area contributed by atoms with Crippen molar-refractivity contribution < 1.29 is 9.59 Å². The second kappa shape index (κ2) is 8.56. The van der Waals surface area contributed by atoms with Crippen LogP contribution in [0.4, 0.5) is 0 Å². The molecule has 26 heavy (non-hydrogen) atoms. The van der Waals surface area contributed by atoms with Crippen LogP contribution >= 0.6 is 0 Å². The largest absolute Gasteiger partial charge is 0.349 e. The lowest BCUT2D eigenvalue weighted by Crippen LogP contribution is -2.30. The maximum absolute atomic E-state index is 12.2. The van der Waals surface area contributed by atoms with Crippen molar-refractivity contribution in [2.24, 2.45) is 0 Å². The molecular weight excluding hydrogens is 334 g/mol.